The molecule has 0 spiro atoms. The van der Waals surface area contributed by atoms with Crippen molar-refractivity contribution in [3.05, 3.63) is 27.7 Å². The van der Waals surface area contributed by atoms with Gasteiger partial charge in [-0.1, -0.05) is 35.7 Å². The average molecular weight is 344 g/mol. The smallest absolute Gasteiger partial charge is 0.126 e. The van der Waals surface area contributed by atoms with Crippen LogP contribution in [0.3, 0.4) is 0 Å². The molecule has 0 aliphatic carbocycles. The van der Waals surface area contributed by atoms with Crippen molar-refractivity contribution in [3.8, 4) is 5.75 Å². The van der Waals surface area contributed by atoms with E-state index in [1.165, 1.54) is 24.0 Å². The van der Waals surface area contributed by atoms with Crippen LogP contribution in [-0.4, -0.2) is 26.9 Å². The number of ether oxygens (including phenoxy) is 2. The highest BCUT2D eigenvalue weighted by atomic mass is 79.9. The highest BCUT2D eigenvalue weighted by Crippen LogP contribution is 2.28. The lowest BCUT2D eigenvalue weighted by molar-refractivity contribution is 0.199. The lowest BCUT2D eigenvalue weighted by Crippen LogP contribution is -2.19. The predicted octanol–water partition coefficient (Wildman–Crippen LogP) is 4.06. The fraction of sp³-hybridized carbons (Fsp3) is 0.625. The first-order chi connectivity index (χ1) is 9.69. The number of nitrogens with one attached hydrogen (secondary N) is 1. The Hall–Kier alpha value is -0.580. The quantitative estimate of drug-likeness (QED) is 0.649. The number of unbranched alkanes of at least 4 members (excludes halogenated alkanes) is 2. The normalized spacial score (nSPS) is 10.8. The molecule has 0 saturated heterocycles. The molecule has 1 aromatic rings. The van der Waals surface area contributed by atoms with E-state index in [2.05, 4.69) is 47.2 Å². The van der Waals surface area contributed by atoms with Crippen LogP contribution in [-0.2, 0) is 11.3 Å². The molecule has 0 aromatic heterocycles. The van der Waals surface area contributed by atoms with E-state index in [-0.39, 0.29) is 0 Å². The zero-order chi connectivity index (χ0) is 14.8. The maximum Gasteiger partial charge on any atom is 0.126 e. The fourth-order valence-electron chi connectivity index (χ4n) is 2.06. The summed E-state index contributed by atoms with van der Waals surface area (Å²) in [5, 5.41) is 3.37. The molecule has 0 atom stereocenters. The van der Waals surface area contributed by atoms with E-state index >= 15 is 0 Å². The van der Waals surface area contributed by atoms with Gasteiger partial charge in [-0.2, -0.15) is 0 Å². The van der Waals surface area contributed by atoms with Crippen LogP contribution in [0, 0.1) is 6.92 Å². The predicted molar refractivity (Wildman–Crippen MR) is 87.5 cm³/mol. The van der Waals surface area contributed by atoms with Gasteiger partial charge >= 0.3 is 0 Å². The molecule has 20 heavy (non-hydrogen) atoms. The minimum atomic E-state index is 0.722. The molecule has 0 amide bonds. The van der Waals surface area contributed by atoms with E-state index < -0.39 is 0 Å². The summed E-state index contributed by atoms with van der Waals surface area (Å²) in [4.78, 5) is 0. The van der Waals surface area contributed by atoms with Crippen molar-refractivity contribution >= 4 is 15.9 Å². The number of halogens is 1. The van der Waals surface area contributed by atoms with Gasteiger partial charge in [-0.15, -0.1) is 0 Å². The number of rotatable bonds is 10. The molecule has 0 aliphatic heterocycles. The Kier molecular flexibility index (Phi) is 8.90. The van der Waals surface area contributed by atoms with Crippen molar-refractivity contribution in [2.24, 2.45) is 0 Å². The molecule has 1 rings (SSSR count). The van der Waals surface area contributed by atoms with Crippen LogP contribution in [0.4, 0.5) is 0 Å². The topological polar surface area (TPSA) is 30.5 Å². The summed E-state index contributed by atoms with van der Waals surface area (Å²) < 4.78 is 12.1. The summed E-state index contributed by atoms with van der Waals surface area (Å²) in [6, 6.07) is 4.23. The SMILES string of the molecule is CCCCCOc1c(C)cc(Br)cc1CNCCOC. The Morgan fingerprint density at radius 1 is 1.20 bits per heavy atom. The first-order valence-electron chi connectivity index (χ1n) is 7.30. The number of methoxy groups -OCH3 is 1. The van der Waals surface area contributed by atoms with Gasteiger partial charge in [0.05, 0.1) is 13.2 Å². The molecule has 3 nitrogen and oxygen atoms in total. The third kappa shape index (κ3) is 6.25. The number of hydrogen-bond acceptors (Lipinski definition) is 3. The molecule has 1 aromatic carbocycles. The highest BCUT2D eigenvalue weighted by molar-refractivity contribution is 9.10. The molecule has 0 fully saturated rings. The summed E-state index contributed by atoms with van der Waals surface area (Å²) in [5.74, 6) is 1.02. The average Bonchev–Trinajstić information content (AvgIpc) is 2.41. The first kappa shape index (κ1) is 17.5. The molecule has 114 valence electrons. The van der Waals surface area contributed by atoms with E-state index in [4.69, 9.17) is 9.47 Å². The van der Waals surface area contributed by atoms with Crippen LogP contribution in [0.2, 0.25) is 0 Å². The van der Waals surface area contributed by atoms with Crippen molar-refractivity contribution < 1.29 is 9.47 Å². The maximum absolute atomic E-state index is 5.99. The first-order valence-corrected chi connectivity index (χ1v) is 8.09. The molecule has 1 N–H and O–H groups in total. The van der Waals surface area contributed by atoms with Crippen molar-refractivity contribution in [1.29, 1.82) is 0 Å². The van der Waals surface area contributed by atoms with Gasteiger partial charge in [-0.05, 0) is 31.0 Å². The number of aryl methyl sites for hydroxylation is 1. The minimum absolute atomic E-state index is 0.722. The summed E-state index contributed by atoms with van der Waals surface area (Å²) in [6.45, 7) is 7.46. The van der Waals surface area contributed by atoms with E-state index in [0.29, 0.717) is 0 Å². The molecule has 0 unspecified atom stereocenters. The molecular formula is C16H26BrNO2. The standard InChI is InChI=1S/C16H26BrNO2/c1-4-5-6-8-20-16-13(2)10-15(17)11-14(16)12-18-7-9-19-3/h10-11,18H,4-9,12H2,1-3H3. The summed E-state index contributed by atoms with van der Waals surface area (Å²) in [7, 11) is 1.72. The second-order valence-electron chi connectivity index (χ2n) is 4.94. The second-order valence-corrected chi connectivity index (χ2v) is 5.85. The lowest BCUT2D eigenvalue weighted by atomic mass is 10.1. The largest absolute Gasteiger partial charge is 0.493 e. The van der Waals surface area contributed by atoms with Crippen molar-refractivity contribution in [2.75, 3.05) is 26.9 Å². The Morgan fingerprint density at radius 2 is 2.00 bits per heavy atom. The highest BCUT2D eigenvalue weighted by Gasteiger charge is 2.09. The molecule has 0 aliphatic rings. The lowest BCUT2D eigenvalue weighted by Gasteiger charge is -2.15. The van der Waals surface area contributed by atoms with Crippen molar-refractivity contribution in [1.82, 2.24) is 5.32 Å². The minimum Gasteiger partial charge on any atom is -0.493 e. The van der Waals surface area contributed by atoms with Crippen LogP contribution in [0.25, 0.3) is 0 Å². The summed E-state index contributed by atoms with van der Waals surface area (Å²) in [5.41, 5.74) is 2.38. The van der Waals surface area contributed by atoms with Crippen LogP contribution in [0.5, 0.6) is 5.75 Å². The molecule has 0 saturated carbocycles. The molecular weight excluding hydrogens is 318 g/mol. The van der Waals surface area contributed by atoms with E-state index in [1.807, 2.05) is 0 Å². The number of hydrogen-bond donors (Lipinski definition) is 1. The zero-order valence-corrected chi connectivity index (χ0v) is 14.4. The van der Waals surface area contributed by atoms with Gasteiger partial charge in [0.15, 0.2) is 0 Å². The Morgan fingerprint density at radius 3 is 2.70 bits per heavy atom. The molecule has 0 radical (unpaired) electrons. The number of benzene rings is 1. The molecule has 4 heteroatoms. The van der Waals surface area contributed by atoms with Gasteiger partial charge < -0.3 is 14.8 Å². The molecule has 0 bridgehead atoms. The van der Waals surface area contributed by atoms with E-state index in [9.17, 15) is 0 Å². The summed E-state index contributed by atoms with van der Waals surface area (Å²) in [6.07, 6.45) is 3.55. The van der Waals surface area contributed by atoms with Crippen LogP contribution in [0.1, 0.15) is 37.3 Å². The van der Waals surface area contributed by atoms with E-state index in [1.54, 1.807) is 7.11 Å². The Balaban J connectivity index is 2.63. The van der Waals surface area contributed by atoms with Gasteiger partial charge in [-0.3, -0.25) is 0 Å². The van der Waals surface area contributed by atoms with Crippen LogP contribution < -0.4 is 10.1 Å². The zero-order valence-electron chi connectivity index (χ0n) is 12.8. The second kappa shape index (κ2) is 10.2. The Labute approximate surface area is 131 Å². The van der Waals surface area contributed by atoms with Crippen molar-refractivity contribution in [2.45, 2.75) is 39.7 Å². The maximum atomic E-state index is 5.99. The van der Waals surface area contributed by atoms with Gasteiger partial charge in [0, 0.05) is 30.2 Å². The van der Waals surface area contributed by atoms with Gasteiger partial charge in [0.2, 0.25) is 0 Å². The third-order valence-corrected chi connectivity index (χ3v) is 3.57. The Bertz CT molecular complexity index is 396. The summed E-state index contributed by atoms with van der Waals surface area (Å²) >= 11 is 3.55. The van der Waals surface area contributed by atoms with E-state index in [0.717, 1.165) is 42.9 Å². The van der Waals surface area contributed by atoms with Crippen LogP contribution in [0.15, 0.2) is 16.6 Å². The van der Waals surface area contributed by atoms with Crippen LogP contribution >= 0.6 is 15.9 Å². The molecule has 0 heterocycles. The van der Waals surface area contributed by atoms with Gasteiger partial charge in [0.1, 0.15) is 5.75 Å². The monoisotopic (exact) mass is 343 g/mol. The van der Waals surface area contributed by atoms with Crippen molar-refractivity contribution in [3.63, 3.8) is 0 Å². The fourth-order valence-corrected chi connectivity index (χ4v) is 2.68. The third-order valence-electron chi connectivity index (χ3n) is 3.11. The van der Waals surface area contributed by atoms with Gasteiger partial charge in [0.25, 0.3) is 0 Å². The van der Waals surface area contributed by atoms with Gasteiger partial charge in [-0.25, -0.2) is 0 Å².